The first-order valence-electron chi connectivity index (χ1n) is 7.75. The molecule has 1 N–H and O–H groups in total. The molecule has 1 aromatic rings. The van der Waals surface area contributed by atoms with Gasteiger partial charge in [0.2, 0.25) is 5.91 Å². The molecule has 0 aromatic carbocycles. The summed E-state index contributed by atoms with van der Waals surface area (Å²) < 4.78 is 1.74. The molecule has 0 saturated carbocycles. The SMILES string of the molecule is CCCn1ccc(C(=O)NC(C)C(=O)N2CCCCC2)n1. The van der Waals surface area contributed by atoms with E-state index < -0.39 is 6.04 Å². The lowest BCUT2D eigenvalue weighted by molar-refractivity contribution is -0.133. The molecule has 1 atom stereocenters. The van der Waals surface area contributed by atoms with Crippen LogP contribution in [0.5, 0.6) is 0 Å². The monoisotopic (exact) mass is 292 g/mol. The van der Waals surface area contributed by atoms with Crippen molar-refractivity contribution in [3.8, 4) is 0 Å². The molecular weight excluding hydrogens is 268 g/mol. The maximum atomic E-state index is 12.3. The molecule has 1 aromatic heterocycles. The van der Waals surface area contributed by atoms with Gasteiger partial charge in [-0.1, -0.05) is 6.92 Å². The molecule has 6 nitrogen and oxygen atoms in total. The van der Waals surface area contributed by atoms with Crippen LogP contribution in [0.4, 0.5) is 0 Å². The molecule has 2 amide bonds. The summed E-state index contributed by atoms with van der Waals surface area (Å²) in [6.07, 6.45) is 6.03. The molecule has 1 aliphatic heterocycles. The predicted octanol–water partition coefficient (Wildman–Crippen LogP) is 1.42. The summed E-state index contributed by atoms with van der Waals surface area (Å²) in [6.45, 7) is 6.17. The largest absolute Gasteiger partial charge is 0.341 e. The Balaban J connectivity index is 1.89. The Morgan fingerprint density at radius 2 is 2.05 bits per heavy atom. The second kappa shape index (κ2) is 7.24. The summed E-state index contributed by atoms with van der Waals surface area (Å²) in [6, 6.07) is 1.18. The Morgan fingerprint density at radius 1 is 1.33 bits per heavy atom. The fraction of sp³-hybridized carbons (Fsp3) is 0.667. The van der Waals surface area contributed by atoms with Crippen LogP contribution in [0.3, 0.4) is 0 Å². The number of nitrogens with one attached hydrogen (secondary N) is 1. The van der Waals surface area contributed by atoms with Crippen LogP contribution in [0.2, 0.25) is 0 Å². The number of piperidine rings is 1. The zero-order chi connectivity index (χ0) is 15.2. The summed E-state index contributed by atoms with van der Waals surface area (Å²) in [5.74, 6) is -0.293. The normalized spacial score (nSPS) is 16.6. The van der Waals surface area contributed by atoms with Gasteiger partial charge in [0.15, 0.2) is 0 Å². The quantitative estimate of drug-likeness (QED) is 0.892. The Morgan fingerprint density at radius 3 is 2.71 bits per heavy atom. The maximum Gasteiger partial charge on any atom is 0.272 e. The van der Waals surface area contributed by atoms with Crippen molar-refractivity contribution >= 4 is 11.8 Å². The first-order chi connectivity index (χ1) is 10.1. The van der Waals surface area contributed by atoms with Gasteiger partial charge in [-0.15, -0.1) is 0 Å². The van der Waals surface area contributed by atoms with E-state index in [1.54, 1.807) is 23.9 Å². The summed E-state index contributed by atoms with van der Waals surface area (Å²) in [4.78, 5) is 26.2. The van der Waals surface area contributed by atoms with Crippen molar-refractivity contribution in [1.29, 1.82) is 0 Å². The minimum Gasteiger partial charge on any atom is -0.341 e. The van der Waals surface area contributed by atoms with Crippen molar-refractivity contribution in [3.05, 3.63) is 18.0 Å². The molecule has 1 aliphatic rings. The summed E-state index contributed by atoms with van der Waals surface area (Å²) in [5, 5.41) is 6.95. The highest BCUT2D eigenvalue weighted by molar-refractivity contribution is 5.95. The first-order valence-corrected chi connectivity index (χ1v) is 7.75. The second-order valence-corrected chi connectivity index (χ2v) is 5.55. The van der Waals surface area contributed by atoms with Gasteiger partial charge in [-0.2, -0.15) is 5.10 Å². The summed E-state index contributed by atoms with van der Waals surface area (Å²) in [5.41, 5.74) is 0.363. The molecule has 1 fully saturated rings. The van der Waals surface area contributed by atoms with Gasteiger partial charge in [0.25, 0.3) is 5.91 Å². The number of likely N-dealkylation sites (tertiary alicyclic amines) is 1. The van der Waals surface area contributed by atoms with E-state index in [-0.39, 0.29) is 11.8 Å². The second-order valence-electron chi connectivity index (χ2n) is 5.55. The fourth-order valence-corrected chi connectivity index (χ4v) is 2.56. The molecule has 21 heavy (non-hydrogen) atoms. The van der Waals surface area contributed by atoms with Crippen LogP contribution in [0.15, 0.2) is 12.3 Å². The Labute approximate surface area is 125 Å². The predicted molar refractivity (Wildman–Crippen MR) is 79.9 cm³/mol. The Kier molecular flexibility index (Phi) is 5.36. The van der Waals surface area contributed by atoms with Crippen LogP contribution in [0.1, 0.15) is 50.0 Å². The van der Waals surface area contributed by atoms with Crippen molar-refractivity contribution in [1.82, 2.24) is 20.0 Å². The van der Waals surface area contributed by atoms with Crippen LogP contribution in [-0.2, 0) is 11.3 Å². The molecule has 1 unspecified atom stereocenters. The van der Waals surface area contributed by atoms with Gasteiger partial charge in [-0.25, -0.2) is 0 Å². The number of amides is 2. The highest BCUT2D eigenvalue weighted by atomic mass is 16.2. The zero-order valence-corrected chi connectivity index (χ0v) is 12.8. The maximum absolute atomic E-state index is 12.3. The highest BCUT2D eigenvalue weighted by Gasteiger charge is 2.24. The minimum atomic E-state index is -0.507. The average Bonchev–Trinajstić information content (AvgIpc) is 2.96. The zero-order valence-electron chi connectivity index (χ0n) is 12.8. The van der Waals surface area contributed by atoms with Gasteiger partial charge in [0.05, 0.1) is 0 Å². The molecule has 0 bridgehead atoms. The van der Waals surface area contributed by atoms with E-state index in [2.05, 4.69) is 17.3 Å². The van der Waals surface area contributed by atoms with E-state index in [9.17, 15) is 9.59 Å². The Hall–Kier alpha value is -1.85. The number of aromatic nitrogens is 2. The van der Waals surface area contributed by atoms with Gasteiger partial charge >= 0.3 is 0 Å². The van der Waals surface area contributed by atoms with E-state index in [1.807, 2.05) is 4.90 Å². The lowest BCUT2D eigenvalue weighted by Gasteiger charge is -2.29. The molecule has 2 rings (SSSR count). The van der Waals surface area contributed by atoms with Crippen molar-refractivity contribution in [3.63, 3.8) is 0 Å². The van der Waals surface area contributed by atoms with Gasteiger partial charge in [-0.3, -0.25) is 14.3 Å². The van der Waals surface area contributed by atoms with Gasteiger partial charge in [0, 0.05) is 25.8 Å². The number of hydrogen-bond acceptors (Lipinski definition) is 3. The molecule has 0 spiro atoms. The van der Waals surface area contributed by atoms with Crippen LogP contribution in [-0.4, -0.2) is 45.6 Å². The molecular formula is C15H24N4O2. The van der Waals surface area contributed by atoms with E-state index in [1.165, 1.54) is 6.42 Å². The Bertz CT molecular complexity index is 492. The lowest BCUT2D eigenvalue weighted by atomic mass is 10.1. The average molecular weight is 292 g/mol. The van der Waals surface area contributed by atoms with Crippen LogP contribution < -0.4 is 5.32 Å². The number of nitrogens with zero attached hydrogens (tertiary/aromatic N) is 3. The lowest BCUT2D eigenvalue weighted by Crippen LogP contribution is -2.48. The van der Waals surface area contributed by atoms with Crippen LogP contribution >= 0.6 is 0 Å². The molecule has 116 valence electrons. The number of carbonyl (C=O) groups is 2. The smallest absolute Gasteiger partial charge is 0.272 e. The van der Waals surface area contributed by atoms with Gasteiger partial charge < -0.3 is 10.2 Å². The van der Waals surface area contributed by atoms with E-state index in [0.29, 0.717) is 5.69 Å². The fourth-order valence-electron chi connectivity index (χ4n) is 2.56. The first kappa shape index (κ1) is 15.5. The van der Waals surface area contributed by atoms with Crippen LogP contribution in [0, 0.1) is 0 Å². The van der Waals surface area contributed by atoms with E-state index in [0.717, 1.165) is 38.9 Å². The summed E-state index contributed by atoms with van der Waals surface area (Å²) >= 11 is 0. The third-order valence-electron chi connectivity index (χ3n) is 3.71. The van der Waals surface area contributed by atoms with Crippen LogP contribution in [0.25, 0.3) is 0 Å². The molecule has 0 aliphatic carbocycles. The van der Waals surface area contributed by atoms with Crippen molar-refractivity contribution in [2.24, 2.45) is 0 Å². The number of hydrogen-bond donors (Lipinski definition) is 1. The summed E-state index contributed by atoms with van der Waals surface area (Å²) in [7, 11) is 0. The topological polar surface area (TPSA) is 67.2 Å². The molecule has 2 heterocycles. The standard InChI is InChI=1S/C15H24N4O2/c1-3-8-19-11-7-13(17-19)14(20)16-12(2)15(21)18-9-5-4-6-10-18/h7,11-12H,3-6,8-10H2,1-2H3,(H,16,20). The van der Waals surface area contributed by atoms with E-state index >= 15 is 0 Å². The minimum absolute atomic E-state index is 0.00367. The molecule has 1 saturated heterocycles. The van der Waals surface area contributed by atoms with Gasteiger partial charge in [0.1, 0.15) is 11.7 Å². The number of carbonyl (C=O) groups excluding carboxylic acids is 2. The highest BCUT2D eigenvalue weighted by Crippen LogP contribution is 2.10. The third kappa shape index (κ3) is 4.06. The molecule has 6 heteroatoms. The third-order valence-corrected chi connectivity index (χ3v) is 3.71. The number of aryl methyl sites for hydroxylation is 1. The number of rotatable bonds is 5. The molecule has 0 radical (unpaired) electrons. The van der Waals surface area contributed by atoms with E-state index in [4.69, 9.17) is 0 Å². The van der Waals surface area contributed by atoms with Gasteiger partial charge in [-0.05, 0) is 38.7 Å². The van der Waals surface area contributed by atoms with Crippen molar-refractivity contribution < 1.29 is 9.59 Å². The van der Waals surface area contributed by atoms with Crippen molar-refractivity contribution in [2.75, 3.05) is 13.1 Å². The van der Waals surface area contributed by atoms with Crippen molar-refractivity contribution in [2.45, 2.75) is 52.1 Å².